The lowest BCUT2D eigenvalue weighted by atomic mass is 9.82. The fourth-order valence-electron chi connectivity index (χ4n) is 4.62. The van der Waals surface area contributed by atoms with Crippen LogP contribution in [0, 0.1) is 5.92 Å². The van der Waals surface area contributed by atoms with E-state index in [1.165, 1.54) is 0 Å². The molecule has 1 fully saturated rings. The molecule has 2 N–H and O–H groups in total. The maximum atomic E-state index is 13.2. The van der Waals surface area contributed by atoms with Crippen molar-refractivity contribution in [1.29, 1.82) is 0 Å². The normalized spacial score (nSPS) is 15.7. The first-order valence-corrected chi connectivity index (χ1v) is 11.7. The van der Waals surface area contributed by atoms with Crippen LogP contribution < -0.4 is 10.9 Å². The van der Waals surface area contributed by atoms with E-state index in [1.807, 2.05) is 6.92 Å². The van der Waals surface area contributed by atoms with Gasteiger partial charge in [-0.15, -0.1) is 0 Å². The average Bonchev–Trinajstić information content (AvgIpc) is 2.73. The van der Waals surface area contributed by atoms with E-state index in [1.54, 1.807) is 10.6 Å². The number of pyridine rings is 1. The quantitative estimate of drug-likeness (QED) is 0.560. The van der Waals surface area contributed by atoms with E-state index in [0.717, 1.165) is 75.5 Å². The van der Waals surface area contributed by atoms with Gasteiger partial charge < -0.3 is 15.0 Å². The van der Waals surface area contributed by atoms with Crippen LogP contribution >= 0.6 is 0 Å². The summed E-state index contributed by atoms with van der Waals surface area (Å²) in [5.41, 5.74) is 1.96. The van der Waals surface area contributed by atoms with Crippen molar-refractivity contribution in [3.63, 3.8) is 0 Å². The predicted molar refractivity (Wildman–Crippen MR) is 119 cm³/mol. The predicted octanol–water partition coefficient (Wildman–Crippen LogP) is 4.32. The largest absolute Gasteiger partial charge is 0.481 e. The Kier molecular flexibility index (Phi) is 9.60. The minimum Gasteiger partial charge on any atom is -0.481 e. The SMILES string of the molecule is CCCCn1c(CCC)c(CC)cc(C(=O)NC(CC(=O)O)C2CCCCC2)c1=O. The molecule has 1 heterocycles. The summed E-state index contributed by atoms with van der Waals surface area (Å²) in [4.78, 5) is 37.8. The van der Waals surface area contributed by atoms with Crippen LogP contribution in [0.2, 0.25) is 0 Å². The van der Waals surface area contributed by atoms with Gasteiger partial charge in [-0.2, -0.15) is 0 Å². The second-order valence-electron chi connectivity index (χ2n) is 8.52. The van der Waals surface area contributed by atoms with Crippen LogP contribution in [0.4, 0.5) is 0 Å². The van der Waals surface area contributed by atoms with E-state index in [2.05, 4.69) is 19.2 Å². The molecule has 1 aliphatic carbocycles. The van der Waals surface area contributed by atoms with E-state index < -0.39 is 17.9 Å². The second kappa shape index (κ2) is 11.9. The number of carboxylic acids is 1. The minimum absolute atomic E-state index is 0.102. The van der Waals surface area contributed by atoms with Crippen LogP contribution in [-0.2, 0) is 24.2 Å². The number of amides is 1. The number of carboxylic acid groups (broad SMARTS) is 1. The summed E-state index contributed by atoms with van der Waals surface area (Å²) in [7, 11) is 0. The highest BCUT2D eigenvalue weighted by atomic mass is 16.4. The molecule has 0 aliphatic heterocycles. The number of unbranched alkanes of at least 4 members (excludes halogenated alkanes) is 1. The standard InChI is InChI=1S/C24H38N2O4/c1-4-7-14-26-21(11-5-2)17(6-3)15-19(24(26)30)23(29)25-20(16-22(27)28)18-12-9-8-10-13-18/h15,18,20H,4-14,16H2,1-3H3,(H,25,29)(H,27,28). The van der Waals surface area contributed by atoms with Crippen molar-refractivity contribution in [2.24, 2.45) is 5.92 Å². The van der Waals surface area contributed by atoms with E-state index in [-0.39, 0.29) is 23.5 Å². The number of carbonyl (C=O) groups excluding carboxylic acids is 1. The van der Waals surface area contributed by atoms with E-state index in [4.69, 9.17) is 0 Å². The Bertz CT molecular complexity index is 778. The molecule has 6 heteroatoms. The minimum atomic E-state index is -0.918. The maximum absolute atomic E-state index is 13.2. The Morgan fingerprint density at radius 1 is 1.17 bits per heavy atom. The Morgan fingerprint density at radius 3 is 2.43 bits per heavy atom. The third-order valence-electron chi connectivity index (χ3n) is 6.27. The average molecular weight is 419 g/mol. The lowest BCUT2D eigenvalue weighted by Crippen LogP contribution is -2.45. The monoisotopic (exact) mass is 418 g/mol. The van der Waals surface area contributed by atoms with Crippen molar-refractivity contribution in [1.82, 2.24) is 9.88 Å². The molecule has 1 aromatic rings. The third-order valence-corrected chi connectivity index (χ3v) is 6.27. The molecule has 6 nitrogen and oxygen atoms in total. The van der Waals surface area contributed by atoms with E-state index in [9.17, 15) is 19.5 Å². The number of carbonyl (C=O) groups is 2. The number of rotatable bonds is 11. The maximum Gasteiger partial charge on any atom is 0.305 e. The molecule has 0 aromatic carbocycles. The number of aryl methyl sites for hydroxylation is 1. The zero-order valence-electron chi connectivity index (χ0n) is 18.8. The molecule has 30 heavy (non-hydrogen) atoms. The summed E-state index contributed by atoms with van der Waals surface area (Å²) in [6.45, 7) is 6.83. The molecule has 1 unspecified atom stereocenters. The molecule has 0 saturated heterocycles. The highest BCUT2D eigenvalue weighted by Gasteiger charge is 2.29. The van der Waals surface area contributed by atoms with Crippen LogP contribution in [0.5, 0.6) is 0 Å². The van der Waals surface area contributed by atoms with Crippen LogP contribution in [0.25, 0.3) is 0 Å². The number of nitrogens with one attached hydrogen (secondary N) is 1. The van der Waals surface area contributed by atoms with Gasteiger partial charge in [0.25, 0.3) is 11.5 Å². The zero-order chi connectivity index (χ0) is 22.1. The summed E-state index contributed by atoms with van der Waals surface area (Å²) < 4.78 is 1.79. The smallest absolute Gasteiger partial charge is 0.305 e. The number of aliphatic carboxylic acids is 1. The second-order valence-corrected chi connectivity index (χ2v) is 8.52. The summed E-state index contributed by atoms with van der Waals surface area (Å²) in [6.07, 6.45) is 9.39. The molecular weight excluding hydrogens is 380 g/mol. The van der Waals surface area contributed by atoms with Gasteiger partial charge >= 0.3 is 5.97 Å². The van der Waals surface area contributed by atoms with Gasteiger partial charge in [0.2, 0.25) is 0 Å². The van der Waals surface area contributed by atoms with Gasteiger partial charge in [0.1, 0.15) is 5.56 Å². The lowest BCUT2D eigenvalue weighted by molar-refractivity contribution is -0.137. The first-order chi connectivity index (χ1) is 14.4. The van der Waals surface area contributed by atoms with Gasteiger partial charge in [0, 0.05) is 18.3 Å². The number of hydrogen-bond acceptors (Lipinski definition) is 3. The molecule has 0 bridgehead atoms. The van der Waals surface area contributed by atoms with Gasteiger partial charge in [0.15, 0.2) is 0 Å². The van der Waals surface area contributed by atoms with Crippen LogP contribution in [-0.4, -0.2) is 27.6 Å². The molecule has 2 rings (SSSR count). The van der Waals surface area contributed by atoms with Crippen molar-refractivity contribution in [2.75, 3.05) is 0 Å². The Labute approximate surface area is 180 Å². The summed E-state index contributed by atoms with van der Waals surface area (Å²) in [6, 6.07) is 1.31. The Morgan fingerprint density at radius 2 is 1.87 bits per heavy atom. The first-order valence-electron chi connectivity index (χ1n) is 11.7. The van der Waals surface area contributed by atoms with Gasteiger partial charge in [-0.3, -0.25) is 14.4 Å². The van der Waals surface area contributed by atoms with Crippen molar-refractivity contribution in [3.8, 4) is 0 Å². The molecule has 0 radical (unpaired) electrons. The molecule has 168 valence electrons. The molecule has 0 spiro atoms. The van der Waals surface area contributed by atoms with Crippen LogP contribution in [0.1, 0.15) is 100 Å². The third kappa shape index (κ3) is 6.19. The molecule has 1 aromatic heterocycles. The number of nitrogens with zero attached hydrogens (tertiary/aromatic N) is 1. The summed E-state index contributed by atoms with van der Waals surface area (Å²) in [5.74, 6) is -1.19. The summed E-state index contributed by atoms with van der Waals surface area (Å²) in [5, 5.41) is 12.3. The number of hydrogen-bond donors (Lipinski definition) is 2. The van der Waals surface area contributed by atoms with Crippen molar-refractivity contribution >= 4 is 11.9 Å². The van der Waals surface area contributed by atoms with Gasteiger partial charge in [-0.05, 0) is 49.7 Å². The fraction of sp³-hybridized carbons (Fsp3) is 0.708. The number of aromatic nitrogens is 1. The van der Waals surface area contributed by atoms with Gasteiger partial charge in [0.05, 0.1) is 6.42 Å². The Hall–Kier alpha value is -2.11. The summed E-state index contributed by atoms with van der Waals surface area (Å²) >= 11 is 0. The molecule has 1 amide bonds. The van der Waals surface area contributed by atoms with Crippen molar-refractivity contribution in [3.05, 3.63) is 33.2 Å². The van der Waals surface area contributed by atoms with Crippen molar-refractivity contribution in [2.45, 2.75) is 104 Å². The topological polar surface area (TPSA) is 88.4 Å². The zero-order valence-corrected chi connectivity index (χ0v) is 18.8. The molecule has 1 atom stereocenters. The molecule has 1 saturated carbocycles. The highest BCUT2D eigenvalue weighted by Crippen LogP contribution is 2.28. The highest BCUT2D eigenvalue weighted by molar-refractivity contribution is 5.94. The fourth-order valence-corrected chi connectivity index (χ4v) is 4.62. The molecular formula is C24H38N2O4. The van der Waals surface area contributed by atoms with Gasteiger partial charge in [-0.25, -0.2) is 0 Å². The molecule has 1 aliphatic rings. The van der Waals surface area contributed by atoms with Crippen LogP contribution in [0.15, 0.2) is 10.9 Å². The Balaban J connectivity index is 2.38. The van der Waals surface area contributed by atoms with E-state index >= 15 is 0 Å². The van der Waals surface area contributed by atoms with Crippen LogP contribution in [0.3, 0.4) is 0 Å². The lowest BCUT2D eigenvalue weighted by Gasteiger charge is -2.30. The van der Waals surface area contributed by atoms with Crippen molar-refractivity contribution < 1.29 is 14.7 Å². The first kappa shape index (κ1) is 24.2. The van der Waals surface area contributed by atoms with Gasteiger partial charge in [-0.1, -0.05) is 52.9 Å². The van der Waals surface area contributed by atoms with E-state index in [0.29, 0.717) is 6.54 Å².